The topological polar surface area (TPSA) is 86.8 Å². The molecular formula is C28H31FN6O3S. The summed E-state index contributed by atoms with van der Waals surface area (Å²) in [5.41, 5.74) is 2.06. The number of hydrogen-bond acceptors (Lipinski definition) is 8. The summed E-state index contributed by atoms with van der Waals surface area (Å²) in [5.74, 6) is 1.06. The molecular weight excluding hydrogens is 519 g/mol. The number of halogens is 1. The van der Waals surface area contributed by atoms with Gasteiger partial charge in [-0.05, 0) is 37.1 Å². The van der Waals surface area contributed by atoms with Gasteiger partial charge in [0.25, 0.3) is 0 Å². The van der Waals surface area contributed by atoms with Crippen LogP contribution in [0.3, 0.4) is 0 Å². The second-order valence-corrected chi connectivity index (χ2v) is 11.5. The lowest BCUT2D eigenvalue weighted by atomic mass is 10.1. The molecule has 0 radical (unpaired) electrons. The van der Waals surface area contributed by atoms with Gasteiger partial charge in [-0.3, -0.25) is 9.69 Å². The van der Waals surface area contributed by atoms with Gasteiger partial charge in [-0.1, -0.05) is 0 Å². The summed E-state index contributed by atoms with van der Waals surface area (Å²) in [6.45, 7) is 6.83. The van der Waals surface area contributed by atoms with E-state index in [9.17, 15) is 4.79 Å². The van der Waals surface area contributed by atoms with Crippen molar-refractivity contribution < 1.29 is 18.7 Å². The minimum atomic E-state index is -0.342. The maximum atomic E-state index is 15.2. The van der Waals surface area contributed by atoms with E-state index < -0.39 is 0 Å². The number of thiophene rings is 1. The first kappa shape index (κ1) is 24.9. The Hall–Kier alpha value is -3.12. The smallest absolute Gasteiger partial charge is 0.237 e. The van der Waals surface area contributed by atoms with Crippen LogP contribution in [-0.2, 0) is 20.8 Å². The van der Waals surface area contributed by atoms with Crippen LogP contribution in [0.1, 0.15) is 17.7 Å². The Balaban J connectivity index is 1.20. The number of ether oxygens (including phenoxy) is 2. The summed E-state index contributed by atoms with van der Waals surface area (Å²) in [6.07, 6.45) is 3.65. The van der Waals surface area contributed by atoms with Crippen LogP contribution >= 0.6 is 11.3 Å². The standard InChI is InChI=1S/C28H31FN6O3S/c29-21-1-2-22-20(3-6-30-22)25(21)27-31-23-15-19(39-26(23)28(32-27)34-9-13-38-14-10-34)16-33-7-8-35(24(36)17-33)18-4-11-37-12-5-18/h1-3,6,15,18,30H,4-5,7-14,16-17H2. The third kappa shape index (κ3) is 4.77. The number of hydrogen-bond donors (Lipinski definition) is 1. The summed E-state index contributed by atoms with van der Waals surface area (Å²) in [5, 5.41) is 0.763. The number of anilines is 1. The van der Waals surface area contributed by atoms with Gasteiger partial charge >= 0.3 is 0 Å². The zero-order valence-corrected chi connectivity index (χ0v) is 22.5. The normalized spacial score (nSPS) is 20.0. The van der Waals surface area contributed by atoms with Gasteiger partial charge in [0.15, 0.2) is 11.6 Å². The second-order valence-electron chi connectivity index (χ2n) is 10.4. The van der Waals surface area contributed by atoms with E-state index in [2.05, 4.69) is 20.9 Å². The summed E-state index contributed by atoms with van der Waals surface area (Å²) in [7, 11) is 0. The van der Waals surface area contributed by atoms with Gasteiger partial charge in [-0.25, -0.2) is 14.4 Å². The number of rotatable bonds is 5. The number of morpholine rings is 1. The van der Waals surface area contributed by atoms with Gasteiger partial charge in [-0.2, -0.15) is 0 Å². The largest absolute Gasteiger partial charge is 0.381 e. The predicted octanol–water partition coefficient (Wildman–Crippen LogP) is 3.64. The molecule has 0 saturated carbocycles. The van der Waals surface area contributed by atoms with Crippen LogP contribution in [0.15, 0.2) is 30.5 Å². The Morgan fingerprint density at radius 2 is 1.85 bits per heavy atom. The molecule has 3 aliphatic heterocycles. The maximum Gasteiger partial charge on any atom is 0.237 e. The van der Waals surface area contributed by atoms with Crippen LogP contribution in [0.5, 0.6) is 0 Å². The molecule has 0 unspecified atom stereocenters. The van der Waals surface area contributed by atoms with Gasteiger partial charge in [0.2, 0.25) is 5.91 Å². The molecule has 0 bridgehead atoms. The van der Waals surface area contributed by atoms with Gasteiger partial charge in [0.1, 0.15) is 5.82 Å². The quantitative estimate of drug-likeness (QED) is 0.406. The third-order valence-electron chi connectivity index (χ3n) is 7.97. The Labute approximate surface area is 229 Å². The van der Waals surface area contributed by atoms with Crippen LogP contribution in [0, 0.1) is 5.82 Å². The van der Waals surface area contributed by atoms with E-state index >= 15 is 4.39 Å². The minimum absolute atomic E-state index is 0.195. The van der Waals surface area contributed by atoms with E-state index in [-0.39, 0.29) is 11.7 Å². The number of carbonyl (C=O) groups excluding carboxylic acids is 1. The number of benzene rings is 1. The number of fused-ring (bicyclic) bond motifs is 2. The zero-order chi connectivity index (χ0) is 26.3. The fourth-order valence-electron chi connectivity index (χ4n) is 5.95. The fourth-order valence-corrected chi connectivity index (χ4v) is 7.11. The summed E-state index contributed by atoms with van der Waals surface area (Å²) >= 11 is 1.66. The first-order valence-electron chi connectivity index (χ1n) is 13.6. The second kappa shape index (κ2) is 10.5. The molecule has 3 fully saturated rings. The molecule has 39 heavy (non-hydrogen) atoms. The van der Waals surface area contributed by atoms with E-state index in [1.807, 2.05) is 11.0 Å². The first-order valence-corrected chi connectivity index (χ1v) is 14.4. The van der Waals surface area contributed by atoms with Crippen molar-refractivity contribution in [3.05, 3.63) is 41.2 Å². The molecule has 204 valence electrons. The molecule has 6 heterocycles. The molecule has 0 spiro atoms. The molecule has 0 aliphatic carbocycles. The number of carbonyl (C=O) groups is 1. The van der Waals surface area contributed by atoms with Gasteiger partial charge in [0, 0.05) is 74.0 Å². The third-order valence-corrected chi connectivity index (χ3v) is 9.07. The monoisotopic (exact) mass is 550 g/mol. The Morgan fingerprint density at radius 1 is 1.03 bits per heavy atom. The Kier molecular flexibility index (Phi) is 6.67. The summed E-state index contributed by atoms with van der Waals surface area (Å²) < 4.78 is 27.3. The van der Waals surface area contributed by atoms with Gasteiger partial charge in [0.05, 0.1) is 35.5 Å². The molecule has 3 aliphatic rings. The first-order chi connectivity index (χ1) is 19.1. The molecule has 9 nitrogen and oxygen atoms in total. The molecule has 4 aromatic rings. The average Bonchev–Trinajstić information content (AvgIpc) is 3.60. The summed E-state index contributed by atoms with van der Waals surface area (Å²) in [4.78, 5) is 33.6. The van der Waals surface area contributed by atoms with Crippen molar-refractivity contribution in [1.82, 2.24) is 24.8 Å². The number of amides is 1. The van der Waals surface area contributed by atoms with Crippen LogP contribution < -0.4 is 4.90 Å². The Bertz CT molecular complexity index is 1510. The van der Waals surface area contributed by atoms with Gasteiger partial charge in [-0.15, -0.1) is 11.3 Å². The number of piperazine rings is 1. The number of H-pyrrole nitrogens is 1. The number of nitrogens with one attached hydrogen (secondary N) is 1. The van der Waals surface area contributed by atoms with Crippen LogP contribution in [0.25, 0.3) is 32.5 Å². The summed E-state index contributed by atoms with van der Waals surface area (Å²) in [6, 6.07) is 7.45. The van der Waals surface area contributed by atoms with E-state index in [1.54, 1.807) is 23.6 Å². The van der Waals surface area contributed by atoms with Crippen molar-refractivity contribution in [3.63, 3.8) is 0 Å². The van der Waals surface area contributed by atoms with Crippen molar-refractivity contribution in [2.24, 2.45) is 0 Å². The molecule has 1 aromatic carbocycles. The predicted molar refractivity (Wildman–Crippen MR) is 149 cm³/mol. The highest BCUT2D eigenvalue weighted by atomic mass is 32.1. The van der Waals surface area contributed by atoms with Gasteiger partial charge < -0.3 is 24.3 Å². The van der Waals surface area contributed by atoms with Crippen molar-refractivity contribution in [2.45, 2.75) is 25.4 Å². The number of aromatic nitrogens is 3. The highest BCUT2D eigenvalue weighted by Gasteiger charge is 2.31. The average molecular weight is 551 g/mol. The molecule has 1 amide bonds. The highest BCUT2D eigenvalue weighted by Crippen LogP contribution is 2.37. The lowest BCUT2D eigenvalue weighted by Crippen LogP contribution is -2.54. The van der Waals surface area contributed by atoms with E-state index in [4.69, 9.17) is 19.4 Å². The number of nitrogens with zero attached hydrogens (tertiary/aromatic N) is 5. The highest BCUT2D eigenvalue weighted by molar-refractivity contribution is 7.19. The Morgan fingerprint density at radius 3 is 2.67 bits per heavy atom. The number of aromatic amines is 1. The van der Waals surface area contributed by atoms with Crippen molar-refractivity contribution in [3.8, 4) is 11.4 Å². The van der Waals surface area contributed by atoms with Crippen molar-refractivity contribution >= 4 is 44.2 Å². The fraction of sp³-hybridized carbons (Fsp3) is 0.464. The van der Waals surface area contributed by atoms with E-state index in [1.165, 1.54) is 6.07 Å². The van der Waals surface area contributed by atoms with Crippen molar-refractivity contribution in [1.29, 1.82) is 0 Å². The lowest BCUT2D eigenvalue weighted by molar-refractivity contribution is -0.141. The van der Waals surface area contributed by atoms with Crippen LogP contribution in [0.4, 0.5) is 10.2 Å². The SMILES string of the molecule is O=C1CN(Cc2cc3nc(-c4c(F)ccc5[nH]ccc45)nc(N4CCOCC4)c3s2)CCN1C1CCOCC1. The molecule has 3 saturated heterocycles. The van der Waals surface area contributed by atoms with Crippen LogP contribution in [0.2, 0.25) is 0 Å². The van der Waals surface area contributed by atoms with E-state index in [0.717, 1.165) is 84.0 Å². The molecule has 11 heteroatoms. The zero-order valence-electron chi connectivity index (χ0n) is 21.7. The van der Waals surface area contributed by atoms with Crippen molar-refractivity contribution in [2.75, 3.05) is 64.1 Å². The lowest BCUT2D eigenvalue weighted by Gasteiger charge is -2.40. The molecule has 0 atom stereocenters. The molecule has 3 aromatic heterocycles. The molecule has 7 rings (SSSR count). The van der Waals surface area contributed by atoms with E-state index in [0.29, 0.717) is 43.7 Å². The maximum absolute atomic E-state index is 15.2. The van der Waals surface area contributed by atoms with Crippen LogP contribution in [-0.4, -0.2) is 95.9 Å². The molecule has 1 N–H and O–H groups in total. The minimum Gasteiger partial charge on any atom is -0.381 e.